The molecule has 1 saturated heterocycles. The van der Waals surface area contributed by atoms with E-state index >= 15 is 0 Å². The molecule has 4 aromatic rings. The van der Waals surface area contributed by atoms with Crippen LogP contribution < -0.4 is 20.3 Å². The summed E-state index contributed by atoms with van der Waals surface area (Å²) in [7, 11) is 5.54. The number of H-pyrrole nitrogens is 1. The van der Waals surface area contributed by atoms with Crippen molar-refractivity contribution in [3.05, 3.63) is 59.8 Å². The smallest absolute Gasteiger partial charge is 0.248 e. The Morgan fingerprint density at radius 1 is 1.18 bits per heavy atom. The summed E-state index contributed by atoms with van der Waals surface area (Å²) in [5.74, 6) is 0.909. The lowest BCUT2D eigenvalue weighted by Gasteiger charge is -2.30. The molecule has 0 spiro atoms. The maximum absolute atomic E-state index is 12.4. The molecule has 0 unspecified atom stereocenters. The van der Waals surface area contributed by atoms with E-state index in [1.165, 1.54) is 6.08 Å². The summed E-state index contributed by atoms with van der Waals surface area (Å²) < 4.78 is 11.1. The molecule has 2 aromatic carbocycles. The third-order valence-electron chi connectivity index (χ3n) is 6.33. The average Bonchev–Trinajstić information content (AvgIpc) is 3.43. The molecule has 2 aromatic heterocycles. The van der Waals surface area contributed by atoms with Crippen molar-refractivity contribution in [2.45, 2.75) is 0 Å². The van der Waals surface area contributed by atoms with E-state index in [9.17, 15) is 4.79 Å². The quantitative estimate of drug-likeness (QED) is 0.256. The third kappa shape index (κ3) is 6.33. The minimum Gasteiger partial charge on any atom is -0.495 e. The fourth-order valence-corrected chi connectivity index (χ4v) is 4.59. The van der Waals surface area contributed by atoms with Crippen molar-refractivity contribution in [1.82, 2.24) is 25.1 Å². The van der Waals surface area contributed by atoms with Gasteiger partial charge in [-0.3, -0.25) is 9.89 Å². The number of likely N-dealkylation sites (N-methyl/N-ethyl adjacent to an activating group) is 1. The van der Waals surface area contributed by atoms with Crippen LogP contribution >= 0.6 is 11.6 Å². The Balaban J connectivity index is 1.45. The lowest BCUT2D eigenvalue weighted by molar-refractivity contribution is -0.111. The number of aromatic amines is 1. The first-order chi connectivity index (χ1) is 19.4. The van der Waals surface area contributed by atoms with Crippen molar-refractivity contribution in [2.24, 2.45) is 0 Å². The zero-order valence-electron chi connectivity index (χ0n) is 22.6. The second-order valence-corrected chi connectivity index (χ2v) is 9.89. The van der Waals surface area contributed by atoms with E-state index in [4.69, 9.17) is 26.1 Å². The number of aromatic nitrogens is 4. The van der Waals surface area contributed by atoms with Crippen LogP contribution in [-0.4, -0.2) is 85.0 Å². The maximum Gasteiger partial charge on any atom is 0.248 e. The highest BCUT2D eigenvalue weighted by Gasteiger charge is 2.18. The molecule has 1 aliphatic rings. The van der Waals surface area contributed by atoms with Gasteiger partial charge in [0.1, 0.15) is 5.75 Å². The fourth-order valence-electron chi connectivity index (χ4n) is 4.38. The molecule has 0 radical (unpaired) electrons. The van der Waals surface area contributed by atoms with E-state index in [0.717, 1.165) is 30.2 Å². The lowest BCUT2D eigenvalue weighted by Crippen LogP contribution is -2.36. The molecule has 11 nitrogen and oxygen atoms in total. The number of fused-ring (bicyclic) bond motifs is 1. The first kappa shape index (κ1) is 27.4. The van der Waals surface area contributed by atoms with Crippen LogP contribution in [0.4, 0.5) is 23.0 Å². The molecular weight excluding hydrogens is 532 g/mol. The van der Waals surface area contributed by atoms with Gasteiger partial charge >= 0.3 is 0 Å². The molecule has 3 N–H and O–H groups in total. The van der Waals surface area contributed by atoms with Crippen LogP contribution in [0, 0.1) is 0 Å². The monoisotopic (exact) mass is 562 g/mol. The number of hydrogen-bond acceptors (Lipinski definition) is 9. The van der Waals surface area contributed by atoms with Gasteiger partial charge in [-0.2, -0.15) is 10.1 Å². The number of anilines is 4. The second kappa shape index (κ2) is 12.3. The summed E-state index contributed by atoms with van der Waals surface area (Å²) in [6.45, 7) is 3.54. The number of halogens is 1. The van der Waals surface area contributed by atoms with Gasteiger partial charge in [-0.15, -0.1) is 0 Å². The van der Waals surface area contributed by atoms with Gasteiger partial charge in [0.2, 0.25) is 11.9 Å². The molecule has 208 valence electrons. The van der Waals surface area contributed by atoms with E-state index in [2.05, 4.69) is 30.7 Å². The molecule has 0 atom stereocenters. The van der Waals surface area contributed by atoms with E-state index in [1.807, 2.05) is 37.2 Å². The zero-order valence-corrected chi connectivity index (χ0v) is 23.3. The SMILES string of the molecule is COc1ccc(Nc2nc(-c3cc(NC(=O)/C=C/CN(C)C)ccc3Cl)c3cn[nH]c3n2)cc1N1CCOCC1. The molecular formula is C28H31ClN8O3. The number of methoxy groups -OCH3 is 1. The van der Waals surface area contributed by atoms with Crippen molar-refractivity contribution in [3.63, 3.8) is 0 Å². The number of benzene rings is 2. The molecule has 1 amide bonds. The van der Waals surface area contributed by atoms with Crippen LogP contribution in [-0.2, 0) is 9.53 Å². The van der Waals surface area contributed by atoms with Gasteiger partial charge in [-0.25, -0.2) is 4.98 Å². The van der Waals surface area contributed by atoms with Gasteiger partial charge in [0, 0.05) is 42.6 Å². The second-order valence-electron chi connectivity index (χ2n) is 9.49. The summed E-state index contributed by atoms with van der Waals surface area (Å²) >= 11 is 6.63. The molecule has 1 fully saturated rings. The zero-order chi connectivity index (χ0) is 28.1. The highest BCUT2D eigenvalue weighted by Crippen LogP contribution is 2.36. The number of nitrogens with one attached hydrogen (secondary N) is 3. The Morgan fingerprint density at radius 2 is 1.98 bits per heavy atom. The van der Waals surface area contributed by atoms with E-state index in [1.54, 1.807) is 37.6 Å². The van der Waals surface area contributed by atoms with Gasteiger partial charge in [-0.05, 0) is 50.5 Å². The number of amides is 1. The average molecular weight is 563 g/mol. The van der Waals surface area contributed by atoms with Gasteiger partial charge in [0.05, 0.1) is 48.3 Å². The Hall–Kier alpha value is -4.19. The van der Waals surface area contributed by atoms with Crippen molar-refractivity contribution in [2.75, 3.05) is 69.6 Å². The first-order valence-electron chi connectivity index (χ1n) is 12.8. The molecule has 0 bridgehead atoms. The summed E-state index contributed by atoms with van der Waals surface area (Å²) in [4.78, 5) is 26.0. The minimum absolute atomic E-state index is 0.232. The van der Waals surface area contributed by atoms with Crippen LogP contribution in [0.2, 0.25) is 5.02 Å². The van der Waals surface area contributed by atoms with Crippen LogP contribution in [0.5, 0.6) is 5.75 Å². The first-order valence-corrected chi connectivity index (χ1v) is 13.2. The van der Waals surface area contributed by atoms with Crippen molar-refractivity contribution >= 4 is 51.6 Å². The standard InChI is InChI=1S/C28H31ClN8O3/c1-36(2)10-4-5-25(38)31-18-6-8-22(29)20(15-18)26-21-17-30-35-27(21)34-28(33-26)32-19-7-9-24(39-3)23(16-19)37-11-13-40-14-12-37/h4-9,15-17H,10-14H2,1-3H3,(H,31,38)(H2,30,32,33,34,35)/b5-4+. The lowest BCUT2D eigenvalue weighted by atomic mass is 10.1. The molecule has 0 aliphatic carbocycles. The van der Waals surface area contributed by atoms with Crippen molar-refractivity contribution in [1.29, 1.82) is 0 Å². The van der Waals surface area contributed by atoms with E-state index in [-0.39, 0.29) is 5.91 Å². The topological polar surface area (TPSA) is 121 Å². The summed E-state index contributed by atoms with van der Waals surface area (Å²) in [5, 5.41) is 14.5. The third-order valence-corrected chi connectivity index (χ3v) is 6.65. The number of carbonyl (C=O) groups excluding carboxylic acids is 1. The molecule has 40 heavy (non-hydrogen) atoms. The molecule has 1 aliphatic heterocycles. The van der Waals surface area contributed by atoms with Crippen LogP contribution in [0.25, 0.3) is 22.3 Å². The number of nitrogens with zero attached hydrogens (tertiary/aromatic N) is 5. The minimum atomic E-state index is -0.232. The summed E-state index contributed by atoms with van der Waals surface area (Å²) in [6, 6.07) is 11.1. The normalized spacial score (nSPS) is 13.8. The van der Waals surface area contributed by atoms with E-state index < -0.39 is 0 Å². The molecule has 12 heteroatoms. The maximum atomic E-state index is 12.4. The number of carbonyl (C=O) groups is 1. The van der Waals surface area contributed by atoms with Gasteiger partial charge < -0.3 is 29.9 Å². The Kier molecular flexibility index (Phi) is 8.44. The van der Waals surface area contributed by atoms with Crippen molar-refractivity contribution in [3.8, 4) is 17.0 Å². The van der Waals surface area contributed by atoms with Gasteiger partial charge in [0.15, 0.2) is 5.65 Å². The highest BCUT2D eigenvalue weighted by atomic mass is 35.5. The largest absolute Gasteiger partial charge is 0.495 e. The summed E-state index contributed by atoms with van der Waals surface area (Å²) in [5.41, 5.74) is 4.11. The number of rotatable bonds is 9. The number of morpholine rings is 1. The van der Waals surface area contributed by atoms with E-state index in [0.29, 0.717) is 58.7 Å². The Labute approximate surface area is 237 Å². The van der Waals surface area contributed by atoms with Gasteiger partial charge in [0.25, 0.3) is 0 Å². The Bertz CT molecular complexity index is 1530. The highest BCUT2D eigenvalue weighted by molar-refractivity contribution is 6.33. The van der Waals surface area contributed by atoms with Crippen molar-refractivity contribution < 1.29 is 14.3 Å². The fraction of sp³-hybridized carbons (Fsp3) is 0.286. The number of hydrogen-bond donors (Lipinski definition) is 3. The Morgan fingerprint density at radius 3 is 2.75 bits per heavy atom. The van der Waals surface area contributed by atoms with Crippen LogP contribution in [0.15, 0.2) is 54.7 Å². The number of ether oxygens (including phenoxy) is 2. The van der Waals surface area contributed by atoms with Gasteiger partial charge in [-0.1, -0.05) is 17.7 Å². The van der Waals surface area contributed by atoms with Crippen LogP contribution in [0.3, 0.4) is 0 Å². The van der Waals surface area contributed by atoms with Crippen LogP contribution in [0.1, 0.15) is 0 Å². The predicted octanol–water partition coefficient (Wildman–Crippen LogP) is 4.32. The molecule has 0 saturated carbocycles. The molecule has 5 rings (SSSR count). The predicted molar refractivity (Wildman–Crippen MR) is 158 cm³/mol. The summed E-state index contributed by atoms with van der Waals surface area (Å²) in [6.07, 6.45) is 4.96. The molecule has 3 heterocycles.